The van der Waals surface area contributed by atoms with Crippen molar-refractivity contribution < 1.29 is 19.1 Å². The fourth-order valence-electron chi connectivity index (χ4n) is 1.81. The molecule has 0 aliphatic carbocycles. The maximum Gasteiger partial charge on any atom is 0.411 e. The van der Waals surface area contributed by atoms with Gasteiger partial charge in [-0.3, -0.25) is 10.1 Å². The van der Waals surface area contributed by atoms with Crippen LogP contribution in [-0.2, 0) is 14.3 Å². The lowest BCUT2D eigenvalue weighted by atomic mass is 10.2. The lowest BCUT2D eigenvalue weighted by Gasteiger charge is -2.11. The predicted octanol–water partition coefficient (Wildman–Crippen LogP) is 1.98. The van der Waals surface area contributed by atoms with E-state index < -0.39 is 6.09 Å². The fourth-order valence-corrected chi connectivity index (χ4v) is 1.81. The van der Waals surface area contributed by atoms with E-state index in [9.17, 15) is 9.59 Å². The highest BCUT2D eigenvalue weighted by Crippen LogP contribution is 2.17. The molecule has 1 aromatic carbocycles. The third kappa shape index (κ3) is 3.69. The van der Waals surface area contributed by atoms with Gasteiger partial charge in [-0.1, -0.05) is 0 Å². The number of rotatable bonds is 3. The molecule has 2 rings (SSSR count). The highest BCUT2D eigenvalue weighted by molar-refractivity contribution is 5.94. The van der Waals surface area contributed by atoms with E-state index in [0.717, 1.165) is 12.8 Å². The molecule has 1 aromatic rings. The van der Waals surface area contributed by atoms with Gasteiger partial charge >= 0.3 is 6.09 Å². The van der Waals surface area contributed by atoms with Crippen LogP contribution in [0.2, 0.25) is 0 Å². The van der Waals surface area contributed by atoms with Gasteiger partial charge in [-0.15, -0.1) is 0 Å². The number of nitrogens with one attached hydrogen (secondary N) is 2. The van der Waals surface area contributed by atoms with Crippen molar-refractivity contribution in [1.29, 1.82) is 0 Å². The Hall–Kier alpha value is -2.08. The summed E-state index contributed by atoms with van der Waals surface area (Å²) in [4.78, 5) is 22.8. The average molecular weight is 264 g/mol. The number of benzene rings is 1. The maximum absolute atomic E-state index is 11.8. The predicted molar refractivity (Wildman–Crippen MR) is 70.1 cm³/mol. The molecule has 6 nitrogen and oxygen atoms in total. The molecular formula is C13H16N2O4. The Labute approximate surface area is 111 Å². The van der Waals surface area contributed by atoms with Crippen molar-refractivity contribution in [2.45, 2.75) is 18.9 Å². The standard InChI is InChI=1S/C13H16N2O4/c1-18-13(17)15-10-6-4-9(5-7-10)14-12(16)11-3-2-8-19-11/h4-7,11H,2-3,8H2,1H3,(H,14,16)(H,15,17). The van der Waals surface area contributed by atoms with Crippen molar-refractivity contribution in [3.63, 3.8) is 0 Å². The number of amides is 2. The molecule has 1 fully saturated rings. The van der Waals surface area contributed by atoms with E-state index in [1.54, 1.807) is 24.3 Å². The molecule has 1 unspecified atom stereocenters. The SMILES string of the molecule is COC(=O)Nc1ccc(NC(=O)C2CCCO2)cc1. The molecule has 1 saturated heterocycles. The molecule has 102 valence electrons. The van der Waals surface area contributed by atoms with E-state index in [0.29, 0.717) is 18.0 Å². The van der Waals surface area contributed by atoms with Gasteiger partial charge < -0.3 is 14.8 Å². The van der Waals surface area contributed by atoms with E-state index in [4.69, 9.17) is 4.74 Å². The summed E-state index contributed by atoms with van der Waals surface area (Å²) in [5.41, 5.74) is 1.26. The number of carbonyl (C=O) groups excluding carboxylic acids is 2. The Balaban J connectivity index is 1.91. The summed E-state index contributed by atoms with van der Waals surface area (Å²) in [5, 5.41) is 5.30. The number of ether oxygens (including phenoxy) is 2. The van der Waals surface area contributed by atoms with Gasteiger partial charge in [-0.05, 0) is 37.1 Å². The summed E-state index contributed by atoms with van der Waals surface area (Å²) in [6, 6.07) is 6.78. The molecule has 6 heteroatoms. The summed E-state index contributed by atoms with van der Waals surface area (Å²) in [6.45, 7) is 0.639. The van der Waals surface area contributed by atoms with Gasteiger partial charge in [0.25, 0.3) is 5.91 Å². The lowest BCUT2D eigenvalue weighted by Crippen LogP contribution is -2.26. The topological polar surface area (TPSA) is 76.7 Å². The summed E-state index contributed by atoms with van der Waals surface area (Å²) in [7, 11) is 1.30. The first-order valence-electron chi connectivity index (χ1n) is 6.06. The summed E-state index contributed by atoms with van der Waals surface area (Å²) >= 11 is 0. The Morgan fingerprint density at radius 2 is 1.84 bits per heavy atom. The van der Waals surface area contributed by atoms with Crippen LogP contribution in [0.1, 0.15) is 12.8 Å². The maximum atomic E-state index is 11.8. The summed E-state index contributed by atoms with van der Waals surface area (Å²) < 4.78 is 9.77. The van der Waals surface area contributed by atoms with Crippen LogP contribution in [0.5, 0.6) is 0 Å². The van der Waals surface area contributed by atoms with Crippen LogP contribution in [0, 0.1) is 0 Å². The largest absolute Gasteiger partial charge is 0.453 e. The van der Waals surface area contributed by atoms with E-state index in [1.165, 1.54) is 7.11 Å². The van der Waals surface area contributed by atoms with E-state index in [2.05, 4.69) is 15.4 Å². The third-order valence-corrected chi connectivity index (χ3v) is 2.81. The fraction of sp³-hybridized carbons (Fsp3) is 0.385. The zero-order chi connectivity index (χ0) is 13.7. The molecule has 0 spiro atoms. The Morgan fingerprint density at radius 1 is 1.21 bits per heavy atom. The minimum absolute atomic E-state index is 0.133. The van der Waals surface area contributed by atoms with Crippen molar-refractivity contribution in [3.8, 4) is 0 Å². The van der Waals surface area contributed by atoms with E-state index in [1.807, 2.05) is 0 Å². The van der Waals surface area contributed by atoms with Gasteiger partial charge in [0.2, 0.25) is 0 Å². The van der Waals surface area contributed by atoms with Crippen LogP contribution in [0.25, 0.3) is 0 Å². The second-order valence-corrected chi connectivity index (χ2v) is 4.18. The van der Waals surface area contributed by atoms with E-state index in [-0.39, 0.29) is 12.0 Å². The van der Waals surface area contributed by atoms with Gasteiger partial charge in [-0.2, -0.15) is 0 Å². The van der Waals surface area contributed by atoms with Crippen molar-refractivity contribution in [2.75, 3.05) is 24.4 Å². The minimum Gasteiger partial charge on any atom is -0.453 e. The Kier molecular flexibility index (Phi) is 4.35. The molecule has 0 saturated carbocycles. The van der Waals surface area contributed by atoms with Crippen molar-refractivity contribution in [2.24, 2.45) is 0 Å². The molecule has 1 aliphatic rings. The number of hydrogen-bond acceptors (Lipinski definition) is 4. The Bertz CT molecular complexity index is 452. The number of anilines is 2. The van der Waals surface area contributed by atoms with Crippen molar-refractivity contribution in [3.05, 3.63) is 24.3 Å². The first-order chi connectivity index (χ1) is 9.19. The minimum atomic E-state index is -0.531. The highest BCUT2D eigenvalue weighted by atomic mass is 16.5. The summed E-state index contributed by atoms with van der Waals surface area (Å²) in [5.74, 6) is -0.133. The molecule has 1 heterocycles. The van der Waals surface area contributed by atoms with Crippen LogP contribution in [0.3, 0.4) is 0 Å². The molecule has 1 aliphatic heterocycles. The highest BCUT2D eigenvalue weighted by Gasteiger charge is 2.23. The molecule has 0 bridgehead atoms. The number of hydrogen-bond donors (Lipinski definition) is 2. The molecule has 2 amide bonds. The Morgan fingerprint density at radius 3 is 2.37 bits per heavy atom. The molecular weight excluding hydrogens is 248 g/mol. The van der Waals surface area contributed by atoms with Crippen LogP contribution in [0.15, 0.2) is 24.3 Å². The lowest BCUT2D eigenvalue weighted by molar-refractivity contribution is -0.124. The van der Waals surface area contributed by atoms with Crippen molar-refractivity contribution in [1.82, 2.24) is 0 Å². The average Bonchev–Trinajstić information content (AvgIpc) is 2.95. The third-order valence-electron chi connectivity index (χ3n) is 2.81. The molecule has 2 N–H and O–H groups in total. The first kappa shape index (κ1) is 13.4. The quantitative estimate of drug-likeness (QED) is 0.875. The molecule has 0 radical (unpaired) electrons. The second-order valence-electron chi connectivity index (χ2n) is 4.18. The van der Waals surface area contributed by atoms with Gasteiger partial charge in [0.15, 0.2) is 0 Å². The molecule has 0 aromatic heterocycles. The van der Waals surface area contributed by atoms with Gasteiger partial charge in [0.05, 0.1) is 7.11 Å². The normalized spacial score (nSPS) is 17.8. The van der Waals surface area contributed by atoms with Gasteiger partial charge in [0.1, 0.15) is 6.10 Å². The van der Waals surface area contributed by atoms with Crippen LogP contribution in [0.4, 0.5) is 16.2 Å². The van der Waals surface area contributed by atoms with Crippen LogP contribution in [-0.4, -0.2) is 31.8 Å². The van der Waals surface area contributed by atoms with Crippen LogP contribution < -0.4 is 10.6 Å². The molecule has 19 heavy (non-hydrogen) atoms. The van der Waals surface area contributed by atoms with Crippen molar-refractivity contribution >= 4 is 23.4 Å². The monoisotopic (exact) mass is 264 g/mol. The van der Waals surface area contributed by atoms with Gasteiger partial charge in [-0.25, -0.2) is 4.79 Å². The van der Waals surface area contributed by atoms with E-state index >= 15 is 0 Å². The second kappa shape index (κ2) is 6.19. The smallest absolute Gasteiger partial charge is 0.411 e. The zero-order valence-corrected chi connectivity index (χ0v) is 10.6. The zero-order valence-electron chi connectivity index (χ0n) is 10.6. The molecule has 1 atom stereocenters. The number of carbonyl (C=O) groups is 2. The van der Waals surface area contributed by atoms with Crippen LogP contribution >= 0.6 is 0 Å². The summed E-state index contributed by atoms with van der Waals surface area (Å²) in [6.07, 6.45) is 0.789. The van der Waals surface area contributed by atoms with Gasteiger partial charge in [0, 0.05) is 18.0 Å². The first-order valence-corrected chi connectivity index (χ1v) is 6.06. The number of methoxy groups -OCH3 is 1.